The molecule has 20 heavy (non-hydrogen) atoms. The van der Waals surface area contributed by atoms with Gasteiger partial charge in [-0.05, 0) is 18.6 Å². The lowest BCUT2D eigenvalue weighted by molar-refractivity contribution is 0.371. The van der Waals surface area contributed by atoms with E-state index in [9.17, 15) is 16.8 Å². The third-order valence-corrected chi connectivity index (χ3v) is 3.54. The summed E-state index contributed by atoms with van der Waals surface area (Å²) in [7, 11) is -9.03. The SMILES string of the molecule is Cc1ccc(OSC#COS(=O)(=O)O)cc1S(=O)(=O)O. The van der Waals surface area contributed by atoms with Crippen molar-refractivity contribution in [3.63, 3.8) is 0 Å². The standard InChI is InChI=1S/C9H8O8S3/c1-7-2-3-8(6-9(7)19(10,11)12)17-18-5-4-16-20(13,14)15/h2-3,6H,1H3,(H,10,11,12)(H,13,14,15). The second-order valence-corrected chi connectivity index (χ2v) is 6.23. The minimum Gasteiger partial charge on any atom is -0.412 e. The Morgan fingerprint density at radius 1 is 1.20 bits per heavy atom. The van der Waals surface area contributed by atoms with Gasteiger partial charge in [0.1, 0.15) is 22.7 Å². The van der Waals surface area contributed by atoms with E-state index < -0.39 is 20.5 Å². The summed E-state index contributed by atoms with van der Waals surface area (Å²) in [6, 6.07) is 3.90. The first-order valence-electron chi connectivity index (χ1n) is 4.67. The van der Waals surface area contributed by atoms with Gasteiger partial charge in [-0.1, -0.05) is 6.07 Å². The van der Waals surface area contributed by atoms with E-state index in [0.29, 0.717) is 17.6 Å². The number of rotatable bonds is 4. The monoisotopic (exact) mass is 340 g/mol. The van der Waals surface area contributed by atoms with Gasteiger partial charge in [-0.15, -0.1) is 0 Å². The minimum absolute atomic E-state index is 0.0642. The Labute approximate surface area is 120 Å². The average Bonchev–Trinajstić information content (AvgIpc) is 2.27. The minimum atomic E-state index is -4.66. The molecule has 0 saturated carbocycles. The van der Waals surface area contributed by atoms with Crippen molar-refractivity contribution >= 4 is 32.6 Å². The number of benzene rings is 1. The van der Waals surface area contributed by atoms with Crippen LogP contribution in [0.4, 0.5) is 0 Å². The fourth-order valence-corrected chi connectivity index (χ4v) is 2.32. The molecule has 2 N–H and O–H groups in total. The van der Waals surface area contributed by atoms with Crippen molar-refractivity contribution < 1.29 is 34.3 Å². The zero-order chi connectivity index (χ0) is 15.4. The van der Waals surface area contributed by atoms with E-state index >= 15 is 0 Å². The molecule has 0 atom stereocenters. The molecule has 0 aliphatic rings. The zero-order valence-corrected chi connectivity index (χ0v) is 12.3. The predicted molar refractivity (Wildman–Crippen MR) is 69.6 cm³/mol. The van der Waals surface area contributed by atoms with Crippen LogP contribution < -0.4 is 4.18 Å². The van der Waals surface area contributed by atoms with Crippen molar-refractivity contribution in [2.45, 2.75) is 11.8 Å². The summed E-state index contributed by atoms with van der Waals surface area (Å²) in [5.74, 6) is 0.0642. The maximum atomic E-state index is 11.0. The van der Waals surface area contributed by atoms with Crippen LogP contribution in [-0.2, 0) is 24.7 Å². The maximum Gasteiger partial charge on any atom is 0.454 e. The Hall–Kier alpha value is -1.45. The van der Waals surface area contributed by atoms with Crippen LogP contribution in [0.5, 0.6) is 5.75 Å². The first-order chi connectivity index (χ1) is 9.09. The predicted octanol–water partition coefficient (Wildman–Crippen LogP) is 1.01. The van der Waals surface area contributed by atoms with Crippen LogP contribution in [0.15, 0.2) is 23.1 Å². The molecular weight excluding hydrogens is 332 g/mol. The second-order valence-electron chi connectivity index (χ2n) is 3.28. The molecule has 0 heterocycles. The molecule has 0 aliphatic heterocycles. The summed E-state index contributed by atoms with van der Waals surface area (Å²) < 4.78 is 68.1. The summed E-state index contributed by atoms with van der Waals surface area (Å²) in [5.41, 5.74) is 0.325. The van der Waals surface area contributed by atoms with Crippen molar-refractivity contribution in [2.24, 2.45) is 0 Å². The molecule has 110 valence electrons. The largest absolute Gasteiger partial charge is 0.454 e. The van der Waals surface area contributed by atoms with Crippen molar-refractivity contribution in [3.05, 3.63) is 23.8 Å². The van der Waals surface area contributed by atoms with Gasteiger partial charge in [0.15, 0.2) is 6.11 Å². The second kappa shape index (κ2) is 6.33. The van der Waals surface area contributed by atoms with Crippen molar-refractivity contribution in [1.82, 2.24) is 0 Å². The topological polar surface area (TPSA) is 127 Å². The lowest BCUT2D eigenvalue weighted by Gasteiger charge is -2.05. The molecule has 8 nitrogen and oxygen atoms in total. The van der Waals surface area contributed by atoms with E-state index in [0.717, 1.165) is 6.07 Å². The first-order valence-corrected chi connectivity index (χ1v) is 8.22. The molecule has 1 aromatic rings. The van der Waals surface area contributed by atoms with Gasteiger partial charge < -0.3 is 8.37 Å². The summed E-state index contributed by atoms with van der Waals surface area (Å²) in [6.45, 7) is 1.49. The van der Waals surface area contributed by atoms with Crippen LogP contribution in [0.25, 0.3) is 0 Å². The Kier molecular flexibility index (Phi) is 5.26. The summed E-state index contributed by atoms with van der Waals surface area (Å²) in [4.78, 5) is -0.322. The van der Waals surface area contributed by atoms with Crippen LogP contribution in [0.3, 0.4) is 0 Å². The van der Waals surface area contributed by atoms with Gasteiger partial charge in [0, 0.05) is 6.07 Å². The summed E-state index contributed by atoms with van der Waals surface area (Å²) in [5, 5.41) is 2.03. The molecule has 0 spiro atoms. The van der Waals surface area contributed by atoms with E-state index in [1.807, 2.05) is 5.25 Å². The van der Waals surface area contributed by atoms with Crippen molar-refractivity contribution in [3.8, 4) is 17.1 Å². The van der Waals surface area contributed by atoms with Gasteiger partial charge in [-0.2, -0.15) is 16.8 Å². The Bertz CT molecular complexity index is 754. The van der Waals surface area contributed by atoms with Crippen molar-refractivity contribution in [1.29, 1.82) is 0 Å². The molecule has 0 radical (unpaired) electrons. The van der Waals surface area contributed by atoms with Gasteiger partial charge in [-0.3, -0.25) is 9.11 Å². The summed E-state index contributed by atoms with van der Waals surface area (Å²) >= 11 is 0.434. The van der Waals surface area contributed by atoms with Gasteiger partial charge in [0.25, 0.3) is 10.1 Å². The zero-order valence-electron chi connectivity index (χ0n) is 9.80. The third-order valence-electron chi connectivity index (χ3n) is 1.81. The van der Waals surface area contributed by atoms with Crippen molar-refractivity contribution in [2.75, 3.05) is 0 Å². The van der Waals surface area contributed by atoms with E-state index in [1.165, 1.54) is 19.1 Å². The van der Waals surface area contributed by atoms with Gasteiger partial charge in [0.05, 0.1) is 5.25 Å². The quantitative estimate of drug-likeness (QED) is 0.469. The molecule has 0 aliphatic carbocycles. The lowest BCUT2D eigenvalue weighted by Crippen LogP contribution is -2.01. The van der Waals surface area contributed by atoms with E-state index in [1.54, 1.807) is 6.11 Å². The maximum absolute atomic E-state index is 11.0. The Morgan fingerprint density at radius 3 is 2.40 bits per heavy atom. The molecule has 0 amide bonds. The normalized spacial score (nSPS) is 11.3. The molecule has 1 rings (SSSR count). The average molecular weight is 340 g/mol. The number of hydrogen-bond acceptors (Lipinski definition) is 7. The highest BCUT2D eigenvalue weighted by Crippen LogP contribution is 2.23. The van der Waals surface area contributed by atoms with E-state index in [-0.39, 0.29) is 10.6 Å². The molecule has 0 unspecified atom stereocenters. The van der Waals surface area contributed by atoms with Gasteiger partial charge in [-0.25, -0.2) is 0 Å². The van der Waals surface area contributed by atoms with Crippen LogP contribution in [0.2, 0.25) is 0 Å². The molecule has 0 saturated heterocycles. The lowest BCUT2D eigenvalue weighted by atomic mass is 10.2. The van der Waals surface area contributed by atoms with Crippen LogP contribution in [0.1, 0.15) is 5.56 Å². The highest BCUT2D eigenvalue weighted by Gasteiger charge is 2.14. The Morgan fingerprint density at radius 2 is 1.85 bits per heavy atom. The highest BCUT2D eigenvalue weighted by molar-refractivity contribution is 7.99. The fourth-order valence-electron chi connectivity index (χ4n) is 1.07. The van der Waals surface area contributed by atoms with E-state index in [4.69, 9.17) is 13.3 Å². The molecule has 1 aromatic carbocycles. The number of hydrogen-bond donors (Lipinski definition) is 2. The van der Waals surface area contributed by atoms with Crippen LogP contribution in [0, 0.1) is 18.3 Å². The molecule has 0 fully saturated rings. The van der Waals surface area contributed by atoms with Crippen LogP contribution >= 0.6 is 12.0 Å². The number of aryl methyl sites for hydroxylation is 1. The highest BCUT2D eigenvalue weighted by atomic mass is 32.3. The molecule has 0 bridgehead atoms. The molecule has 11 heteroatoms. The molecule has 0 aromatic heterocycles. The molecular formula is C9H8O8S3. The van der Waals surface area contributed by atoms with Gasteiger partial charge in [0.2, 0.25) is 0 Å². The smallest absolute Gasteiger partial charge is 0.412 e. The van der Waals surface area contributed by atoms with E-state index in [2.05, 4.69) is 4.18 Å². The van der Waals surface area contributed by atoms with Crippen LogP contribution in [-0.4, -0.2) is 25.9 Å². The fraction of sp³-hybridized carbons (Fsp3) is 0.111. The van der Waals surface area contributed by atoms with Gasteiger partial charge >= 0.3 is 10.4 Å². The third kappa shape index (κ3) is 5.68. The summed E-state index contributed by atoms with van der Waals surface area (Å²) in [6.07, 6.45) is 1.63. The Balaban J connectivity index is 2.76. The first kappa shape index (κ1) is 16.6.